The van der Waals surface area contributed by atoms with Gasteiger partial charge in [-0.05, 0) is 25.0 Å². The number of carbonyl (C=O) groups is 2. The Morgan fingerprint density at radius 2 is 2.00 bits per heavy atom. The zero-order valence-corrected chi connectivity index (χ0v) is 22.9. The summed E-state index contributed by atoms with van der Waals surface area (Å²) >= 11 is 6.94. The van der Waals surface area contributed by atoms with E-state index in [0.717, 1.165) is 17.4 Å². The molecule has 1 aromatic carbocycles. The third-order valence-corrected chi connectivity index (χ3v) is 7.68. The summed E-state index contributed by atoms with van der Waals surface area (Å²) < 4.78 is 45.5. The Morgan fingerprint density at radius 3 is 2.62 bits per heavy atom. The van der Waals surface area contributed by atoms with Crippen LogP contribution in [0.2, 0.25) is 5.02 Å². The molecular formula is C25H27ClF3N6O4S+. The minimum absolute atomic E-state index is 0.0278. The number of rotatable bonds is 10. The monoisotopic (exact) mass is 599 g/mol. The molecule has 3 heterocycles. The molecule has 15 heteroatoms. The molecule has 1 amide bonds. The number of aromatic nitrogens is 3. The number of thiazole rings is 1. The number of nitrogens with two attached hydrogens (primary N) is 1. The van der Waals surface area contributed by atoms with Crippen molar-refractivity contribution in [2.24, 2.45) is 5.92 Å². The summed E-state index contributed by atoms with van der Waals surface area (Å²) in [5, 5.41) is 13.5. The normalized spacial score (nSPS) is 14.4. The number of anilines is 2. The summed E-state index contributed by atoms with van der Waals surface area (Å²) in [6.45, 7) is 2.56. The highest BCUT2D eigenvalue weighted by molar-refractivity contribution is 7.16. The molecule has 40 heavy (non-hydrogen) atoms. The summed E-state index contributed by atoms with van der Waals surface area (Å²) in [5.41, 5.74) is -0.413. The van der Waals surface area contributed by atoms with Gasteiger partial charge in [0.25, 0.3) is 5.91 Å². The van der Waals surface area contributed by atoms with E-state index in [0.29, 0.717) is 62.0 Å². The maximum absolute atomic E-state index is 13.5. The first kappa shape index (κ1) is 29.6. The van der Waals surface area contributed by atoms with Gasteiger partial charge in [-0.1, -0.05) is 29.0 Å². The molecule has 0 unspecified atom stereocenters. The van der Waals surface area contributed by atoms with Crippen LogP contribution in [0.3, 0.4) is 0 Å². The number of carbonyl (C=O) groups excluding carboxylic acids is 1. The number of piperidine rings is 1. The number of amides is 1. The van der Waals surface area contributed by atoms with E-state index in [4.69, 9.17) is 21.4 Å². The lowest BCUT2D eigenvalue weighted by atomic mass is 9.97. The highest BCUT2D eigenvalue weighted by atomic mass is 35.5. The highest BCUT2D eigenvalue weighted by Gasteiger charge is 2.34. The van der Waals surface area contributed by atoms with Crippen LogP contribution in [0.4, 0.5) is 24.1 Å². The molecule has 4 rings (SSSR count). The predicted octanol–water partition coefficient (Wildman–Crippen LogP) is 3.54. The van der Waals surface area contributed by atoms with Crippen molar-refractivity contribution in [2.75, 3.05) is 43.6 Å². The second kappa shape index (κ2) is 12.9. The molecule has 0 bridgehead atoms. The van der Waals surface area contributed by atoms with Crippen LogP contribution in [-0.2, 0) is 22.3 Å². The van der Waals surface area contributed by atoms with Crippen molar-refractivity contribution in [3.05, 3.63) is 51.7 Å². The van der Waals surface area contributed by atoms with Crippen molar-refractivity contribution in [2.45, 2.75) is 25.6 Å². The van der Waals surface area contributed by atoms with Crippen molar-refractivity contribution >= 4 is 45.8 Å². The van der Waals surface area contributed by atoms with E-state index in [1.807, 2.05) is 10.2 Å². The molecule has 0 saturated carbocycles. The molecule has 0 atom stereocenters. The minimum Gasteiger partial charge on any atom is -0.481 e. The molecule has 2 aromatic heterocycles. The third-order valence-electron chi connectivity index (χ3n) is 6.36. The van der Waals surface area contributed by atoms with Crippen LogP contribution in [0, 0.1) is 5.92 Å². The molecule has 1 aliphatic rings. The van der Waals surface area contributed by atoms with E-state index >= 15 is 0 Å². The summed E-state index contributed by atoms with van der Waals surface area (Å²) in [6, 6.07) is 3.59. The number of aliphatic carboxylic acids is 1. The number of benzene rings is 1. The predicted molar refractivity (Wildman–Crippen MR) is 142 cm³/mol. The summed E-state index contributed by atoms with van der Waals surface area (Å²) in [7, 11) is 1.57. The molecule has 4 N–H and O–H groups in total. The van der Waals surface area contributed by atoms with Crippen molar-refractivity contribution in [3.63, 3.8) is 0 Å². The van der Waals surface area contributed by atoms with Gasteiger partial charge in [0.2, 0.25) is 0 Å². The maximum Gasteiger partial charge on any atom is 0.417 e. The molecule has 1 fully saturated rings. The summed E-state index contributed by atoms with van der Waals surface area (Å²) in [5.74, 6) is -1.23. The molecule has 3 aromatic rings. The topological polar surface area (TPSA) is 134 Å². The lowest BCUT2D eigenvalue weighted by molar-refractivity contribution is -0.671. The summed E-state index contributed by atoms with van der Waals surface area (Å²) in [6.07, 6.45) is -0.881. The number of alkyl halides is 3. The number of nitrogens with one attached hydrogen (secondary N) is 1. The highest BCUT2D eigenvalue weighted by Crippen LogP contribution is 2.39. The van der Waals surface area contributed by atoms with Gasteiger partial charge in [-0.15, -0.1) is 0 Å². The van der Waals surface area contributed by atoms with Gasteiger partial charge in [0.15, 0.2) is 5.13 Å². The number of quaternary nitrogens is 1. The lowest BCUT2D eigenvalue weighted by Crippen LogP contribution is -2.83. The van der Waals surface area contributed by atoms with Gasteiger partial charge in [0.1, 0.15) is 18.1 Å². The van der Waals surface area contributed by atoms with E-state index in [-0.39, 0.29) is 22.3 Å². The quantitative estimate of drug-likeness (QED) is 0.301. The van der Waals surface area contributed by atoms with Gasteiger partial charge in [0.05, 0.1) is 52.6 Å². The van der Waals surface area contributed by atoms with Gasteiger partial charge in [-0.2, -0.15) is 13.2 Å². The van der Waals surface area contributed by atoms with E-state index in [1.54, 1.807) is 7.11 Å². The largest absolute Gasteiger partial charge is 0.481 e. The molecule has 0 aliphatic carbocycles. The number of carboxylic acids is 1. The zero-order chi connectivity index (χ0) is 28.9. The number of methoxy groups -OCH3 is 1. The molecule has 10 nitrogen and oxygen atoms in total. The van der Waals surface area contributed by atoms with Crippen LogP contribution >= 0.6 is 22.9 Å². The maximum atomic E-state index is 13.5. The molecule has 0 spiro atoms. The standard InChI is InChI=1S/C25H26ClF3N6O4S/c1-39-9-6-30-12-19-21(15-2-3-17(26)16(10-15)25(27,28)29)33-24(40-19)34-22(36)18-11-32-20(13-31-18)35-7-4-14(5-8-35)23(37)38/h2-3,10-11,13-14,30H,4-9,12H2,1H3,(H,37,38)(H,33,34,36)/p+1. The van der Waals surface area contributed by atoms with Crippen LogP contribution in [0.1, 0.15) is 33.8 Å². The van der Waals surface area contributed by atoms with Crippen LogP contribution < -0.4 is 15.5 Å². The number of hydrogen-bond donors (Lipinski definition) is 3. The lowest BCUT2D eigenvalue weighted by Gasteiger charge is -2.30. The molecule has 0 radical (unpaired) electrons. The van der Waals surface area contributed by atoms with E-state index in [9.17, 15) is 22.8 Å². The average Bonchev–Trinajstić information content (AvgIpc) is 3.33. The van der Waals surface area contributed by atoms with Gasteiger partial charge in [0, 0.05) is 25.8 Å². The van der Waals surface area contributed by atoms with E-state index in [2.05, 4.69) is 20.3 Å². The molecule has 1 aliphatic heterocycles. The fraction of sp³-hybridized carbons (Fsp3) is 0.400. The van der Waals surface area contributed by atoms with Crippen molar-refractivity contribution in [1.29, 1.82) is 0 Å². The van der Waals surface area contributed by atoms with E-state index in [1.165, 1.54) is 24.5 Å². The number of hydrogen-bond acceptors (Lipinski definition) is 8. The molecule has 214 valence electrons. The smallest absolute Gasteiger partial charge is 0.417 e. The Hall–Kier alpha value is -3.33. The van der Waals surface area contributed by atoms with Gasteiger partial charge >= 0.3 is 12.1 Å². The first-order valence-electron chi connectivity index (χ1n) is 12.4. The number of nitrogens with zero attached hydrogens (tertiary/aromatic N) is 4. The number of carboxylic acid groups (broad SMARTS) is 1. The Morgan fingerprint density at radius 1 is 1.25 bits per heavy atom. The second-order valence-corrected chi connectivity index (χ2v) is 10.6. The fourth-order valence-electron chi connectivity index (χ4n) is 4.21. The third kappa shape index (κ3) is 7.24. The Balaban J connectivity index is 1.51. The average molecular weight is 600 g/mol. The van der Waals surface area contributed by atoms with E-state index < -0.39 is 28.6 Å². The fourth-order valence-corrected chi connectivity index (χ4v) is 5.41. The van der Waals surface area contributed by atoms with Gasteiger partial charge in [-0.25, -0.2) is 15.0 Å². The van der Waals surface area contributed by atoms with Crippen LogP contribution in [-0.4, -0.2) is 65.3 Å². The molecule has 1 saturated heterocycles. The van der Waals surface area contributed by atoms with Gasteiger partial charge in [-0.3, -0.25) is 14.9 Å². The molecular weight excluding hydrogens is 573 g/mol. The number of ether oxygens (including phenoxy) is 1. The zero-order valence-electron chi connectivity index (χ0n) is 21.4. The Kier molecular flexibility index (Phi) is 9.56. The SMILES string of the molecule is COCC[NH2+]Cc1sc(NC(=O)c2cnc(N3CCC(C(=O)O)CC3)cn2)nc1-c1ccc(Cl)c(C(F)(F)F)c1. The van der Waals surface area contributed by atoms with Gasteiger partial charge < -0.3 is 20.1 Å². The van der Waals surface area contributed by atoms with Crippen molar-refractivity contribution < 1.29 is 37.9 Å². The van der Waals surface area contributed by atoms with Crippen molar-refractivity contribution in [3.8, 4) is 11.3 Å². The Labute approximate surface area is 236 Å². The van der Waals surface area contributed by atoms with Crippen LogP contribution in [0.5, 0.6) is 0 Å². The van der Waals surface area contributed by atoms with Crippen LogP contribution in [0.25, 0.3) is 11.3 Å². The minimum atomic E-state index is -4.64. The summed E-state index contributed by atoms with van der Waals surface area (Å²) in [4.78, 5) is 39.6. The number of halogens is 4. The first-order chi connectivity index (χ1) is 19.1. The first-order valence-corrected chi connectivity index (χ1v) is 13.5. The Bertz CT molecular complexity index is 1350. The van der Waals surface area contributed by atoms with Crippen molar-refractivity contribution in [1.82, 2.24) is 15.0 Å². The van der Waals surface area contributed by atoms with Crippen LogP contribution in [0.15, 0.2) is 30.6 Å². The second-order valence-electron chi connectivity index (χ2n) is 9.07.